The molecule has 172 valence electrons. The van der Waals surface area contributed by atoms with E-state index in [1.165, 1.54) is 4.88 Å². The number of nitrogens with one attached hydrogen (secondary N) is 3. The maximum absolute atomic E-state index is 13.3. The smallest absolute Gasteiger partial charge is 0.315 e. The second-order valence-corrected chi connectivity index (χ2v) is 9.45. The van der Waals surface area contributed by atoms with Gasteiger partial charge in [0, 0.05) is 31.1 Å². The number of morpholine rings is 1. The molecule has 1 aliphatic carbocycles. The van der Waals surface area contributed by atoms with Crippen LogP contribution in [-0.4, -0.2) is 55.2 Å². The summed E-state index contributed by atoms with van der Waals surface area (Å²) in [6, 6.07) is 13.8. The average Bonchev–Trinajstić information content (AvgIpc) is 3.53. The topological polar surface area (TPSA) is 82.7 Å². The highest BCUT2D eigenvalue weighted by Crippen LogP contribution is 2.31. The van der Waals surface area contributed by atoms with Gasteiger partial charge in [-0.2, -0.15) is 0 Å². The third-order valence-corrected chi connectivity index (χ3v) is 7.33. The highest BCUT2D eigenvalue weighted by molar-refractivity contribution is 7.10. The minimum Gasteiger partial charge on any atom is -0.379 e. The molecule has 1 aromatic carbocycles. The van der Waals surface area contributed by atoms with Crippen molar-refractivity contribution < 1.29 is 14.3 Å². The number of carbonyl (C=O) groups excluding carboxylic acids is 2. The molecule has 1 saturated carbocycles. The minimum atomic E-state index is -0.841. The van der Waals surface area contributed by atoms with Crippen molar-refractivity contribution in [2.45, 2.75) is 43.8 Å². The lowest BCUT2D eigenvalue weighted by Gasteiger charge is -2.35. The zero-order valence-electron chi connectivity index (χ0n) is 18.3. The van der Waals surface area contributed by atoms with Gasteiger partial charge in [-0.25, -0.2) is 4.79 Å². The summed E-state index contributed by atoms with van der Waals surface area (Å²) < 4.78 is 5.51. The molecule has 2 aliphatic rings. The van der Waals surface area contributed by atoms with E-state index in [9.17, 15) is 9.59 Å². The Bertz CT molecular complexity index is 863. The number of carbonyl (C=O) groups is 2. The summed E-state index contributed by atoms with van der Waals surface area (Å²) in [4.78, 5) is 29.6. The molecule has 2 fully saturated rings. The van der Waals surface area contributed by atoms with Crippen molar-refractivity contribution >= 4 is 23.3 Å². The Balaban J connectivity index is 1.37. The maximum Gasteiger partial charge on any atom is 0.315 e. The van der Waals surface area contributed by atoms with Crippen molar-refractivity contribution in [2.75, 3.05) is 32.8 Å². The fraction of sp³-hybridized carbons (Fsp3) is 0.500. The molecule has 8 heteroatoms. The van der Waals surface area contributed by atoms with E-state index in [1.807, 2.05) is 36.4 Å². The Morgan fingerprint density at radius 1 is 1.03 bits per heavy atom. The van der Waals surface area contributed by atoms with Gasteiger partial charge in [0.1, 0.15) is 5.54 Å². The number of rotatable bonds is 8. The van der Waals surface area contributed by atoms with E-state index in [0.717, 1.165) is 31.5 Å². The molecule has 0 spiro atoms. The van der Waals surface area contributed by atoms with Crippen molar-refractivity contribution in [1.82, 2.24) is 20.9 Å². The van der Waals surface area contributed by atoms with Crippen LogP contribution in [0.2, 0.25) is 0 Å². The molecule has 2 aromatic rings. The molecule has 1 aliphatic heterocycles. The van der Waals surface area contributed by atoms with Crippen LogP contribution in [0, 0.1) is 0 Å². The molecule has 0 radical (unpaired) electrons. The number of ether oxygens (including phenoxy) is 1. The van der Waals surface area contributed by atoms with Crippen LogP contribution in [0.4, 0.5) is 4.79 Å². The minimum absolute atomic E-state index is 0.0836. The van der Waals surface area contributed by atoms with Crippen molar-refractivity contribution in [3.63, 3.8) is 0 Å². The number of hydrogen-bond acceptors (Lipinski definition) is 5. The Hall–Kier alpha value is -2.42. The Morgan fingerprint density at radius 2 is 1.78 bits per heavy atom. The molecule has 1 atom stereocenters. The summed E-state index contributed by atoms with van der Waals surface area (Å²) in [6.45, 7) is 4.08. The summed E-state index contributed by atoms with van der Waals surface area (Å²) in [7, 11) is 0. The van der Waals surface area contributed by atoms with Crippen LogP contribution in [0.1, 0.15) is 42.2 Å². The van der Waals surface area contributed by atoms with Gasteiger partial charge in [0.15, 0.2) is 0 Å². The zero-order chi connectivity index (χ0) is 22.2. The molecule has 1 unspecified atom stereocenters. The fourth-order valence-corrected chi connectivity index (χ4v) is 5.43. The Kier molecular flexibility index (Phi) is 7.78. The van der Waals surface area contributed by atoms with Gasteiger partial charge in [0.25, 0.3) is 0 Å². The van der Waals surface area contributed by atoms with Crippen molar-refractivity contribution in [2.24, 2.45) is 0 Å². The third-order valence-electron chi connectivity index (χ3n) is 6.35. The first-order chi connectivity index (χ1) is 15.7. The number of benzene rings is 1. The molecule has 1 aromatic heterocycles. The first-order valence-corrected chi connectivity index (χ1v) is 12.3. The Morgan fingerprint density at radius 3 is 2.47 bits per heavy atom. The third kappa shape index (κ3) is 5.68. The van der Waals surface area contributed by atoms with Crippen LogP contribution < -0.4 is 16.0 Å². The number of amides is 3. The largest absolute Gasteiger partial charge is 0.379 e. The predicted octanol–water partition coefficient (Wildman–Crippen LogP) is 3.05. The van der Waals surface area contributed by atoms with E-state index in [-0.39, 0.29) is 18.0 Å². The molecule has 3 amide bonds. The normalized spacial score (nSPS) is 19.2. The molecule has 32 heavy (non-hydrogen) atoms. The summed E-state index contributed by atoms with van der Waals surface area (Å²) in [5, 5.41) is 11.1. The molecular weight excluding hydrogens is 424 g/mol. The van der Waals surface area contributed by atoms with Crippen molar-refractivity contribution in [3.8, 4) is 0 Å². The van der Waals surface area contributed by atoms with E-state index in [0.29, 0.717) is 39.1 Å². The second-order valence-electron chi connectivity index (χ2n) is 8.47. The molecular formula is C24H32N4O3S. The van der Waals surface area contributed by atoms with Crippen LogP contribution in [0.3, 0.4) is 0 Å². The first kappa shape index (κ1) is 22.8. The maximum atomic E-state index is 13.3. The summed E-state index contributed by atoms with van der Waals surface area (Å²) in [5.74, 6) is -0.0836. The Labute approximate surface area is 193 Å². The molecule has 4 rings (SSSR count). The molecule has 1 saturated heterocycles. The number of nitrogens with zero attached hydrogens (tertiary/aromatic N) is 1. The van der Waals surface area contributed by atoms with Gasteiger partial charge in [-0.1, -0.05) is 49.2 Å². The van der Waals surface area contributed by atoms with E-state index >= 15 is 0 Å². The molecule has 3 N–H and O–H groups in total. The molecule has 0 bridgehead atoms. The van der Waals surface area contributed by atoms with Crippen LogP contribution >= 0.6 is 11.3 Å². The lowest BCUT2D eigenvalue weighted by atomic mass is 9.96. The lowest BCUT2D eigenvalue weighted by Crippen LogP contribution is -2.60. The number of urea groups is 1. The van der Waals surface area contributed by atoms with E-state index < -0.39 is 5.54 Å². The number of thiophene rings is 1. The monoisotopic (exact) mass is 456 g/mol. The van der Waals surface area contributed by atoms with Gasteiger partial charge < -0.3 is 20.7 Å². The average molecular weight is 457 g/mol. The summed E-state index contributed by atoms with van der Waals surface area (Å²) in [5.41, 5.74) is 0.183. The van der Waals surface area contributed by atoms with Gasteiger partial charge in [0.2, 0.25) is 5.91 Å². The SMILES string of the molecule is O=C(NCc1ccccc1)NC1(C(=O)NCC(c2cccs2)N2CCOCC2)CCCC1. The summed E-state index contributed by atoms with van der Waals surface area (Å²) in [6.07, 6.45) is 3.20. The quantitative estimate of drug-likeness (QED) is 0.570. The van der Waals surface area contributed by atoms with Crippen molar-refractivity contribution in [1.29, 1.82) is 0 Å². The second kappa shape index (κ2) is 10.9. The van der Waals surface area contributed by atoms with Crippen molar-refractivity contribution in [3.05, 3.63) is 58.3 Å². The highest BCUT2D eigenvalue weighted by Gasteiger charge is 2.42. The van der Waals surface area contributed by atoms with Crippen LogP contribution in [0.5, 0.6) is 0 Å². The van der Waals surface area contributed by atoms with Gasteiger partial charge in [0.05, 0.1) is 19.3 Å². The summed E-state index contributed by atoms with van der Waals surface area (Å²) >= 11 is 1.71. The van der Waals surface area contributed by atoms with Crippen LogP contribution in [0.25, 0.3) is 0 Å². The van der Waals surface area contributed by atoms with Crippen LogP contribution in [-0.2, 0) is 16.1 Å². The zero-order valence-corrected chi connectivity index (χ0v) is 19.2. The van der Waals surface area contributed by atoms with Gasteiger partial charge in [-0.3, -0.25) is 9.69 Å². The number of hydrogen-bond donors (Lipinski definition) is 3. The van der Waals surface area contributed by atoms with Crippen LogP contribution in [0.15, 0.2) is 47.8 Å². The predicted molar refractivity (Wildman–Crippen MR) is 125 cm³/mol. The van der Waals surface area contributed by atoms with Gasteiger partial charge >= 0.3 is 6.03 Å². The highest BCUT2D eigenvalue weighted by atomic mass is 32.1. The van der Waals surface area contributed by atoms with Gasteiger partial charge in [-0.15, -0.1) is 11.3 Å². The van der Waals surface area contributed by atoms with E-state index in [4.69, 9.17) is 4.74 Å². The van der Waals surface area contributed by atoms with E-state index in [1.54, 1.807) is 11.3 Å². The van der Waals surface area contributed by atoms with Gasteiger partial charge in [-0.05, 0) is 29.9 Å². The fourth-order valence-electron chi connectivity index (χ4n) is 4.57. The lowest BCUT2D eigenvalue weighted by molar-refractivity contribution is -0.127. The van der Waals surface area contributed by atoms with E-state index in [2.05, 4.69) is 32.3 Å². The molecule has 7 nitrogen and oxygen atoms in total. The molecule has 2 heterocycles. The standard InChI is InChI=1S/C24H32N4O3S/c29-22(25-18-20(21-9-6-16-32-21)28-12-14-31-15-13-28)24(10-4-5-11-24)27-23(30)26-17-19-7-2-1-3-8-19/h1-3,6-9,16,20H,4-5,10-15,17-18H2,(H,25,29)(H2,26,27,30). The first-order valence-electron chi connectivity index (χ1n) is 11.4.